The summed E-state index contributed by atoms with van der Waals surface area (Å²) in [6.45, 7) is 5.86. The molecule has 14 heavy (non-hydrogen) atoms. The Bertz CT molecular complexity index is 298. The number of hydrogen-bond donors (Lipinski definition) is 0. The van der Waals surface area contributed by atoms with Gasteiger partial charge in [-0.3, -0.25) is 0 Å². The second-order valence-electron chi connectivity index (χ2n) is 3.01. The molecule has 0 N–H and O–H groups in total. The SMILES string of the molecule is C=C/C(=C\CCC)Oc1ccccc1. The lowest BCUT2D eigenvalue weighted by Crippen LogP contribution is -1.91. The third kappa shape index (κ3) is 3.48. The minimum atomic E-state index is 0.832. The second-order valence-corrected chi connectivity index (χ2v) is 3.01. The molecular formula is C13H16O. The molecule has 1 nitrogen and oxygen atoms in total. The predicted octanol–water partition coefficient (Wildman–Crippen LogP) is 3.94. The van der Waals surface area contributed by atoms with Crippen LogP contribution >= 0.6 is 0 Å². The van der Waals surface area contributed by atoms with E-state index in [0.29, 0.717) is 0 Å². The van der Waals surface area contributed by atoms with E-state index in [-0.39, 0.29) is 0 Å². The third-order valence-corrected chi connectivity index (χ3v) is 1.81. The summed E-state index contributed by atoms with van der Waals surface area (Å²) in [7, 11) is 0. The average molecular weight is 188 g/mol. The number of rotatable bonds is 5. The highest BCUT2D eigenvalue weighted by molar-refractivity contribution is 5.25. The summed E-state index contributed by atoms with van der Waals surface area (Å²) in [4.78, 5) is 0. The first-order chi connectivity index (χ1) is 6.86. The van der Waals surface area contributed by atoms with Crippen molar-refractivity contribution in [2.45, 2.75) is 19.8 Å². The topological polar surface area (TPSA) is 9.23 Å². The monoisotopic (exact) mass is 188 g/mol. The predicted molar refractivity (Wildman–Crippen MR) is 60.3 cm³/mol. The quantitative estimate of drug-likeness (QED) is 0.502. The van der Waals surface area contributed by atoms with Gasteiger partial charge in [-0.1, -0.05) is 38.1 Å². The molecule has 0 amide bonds. The Morgan fingerprint density at radius 2 is 2.07 bits per heavy atom. The number of unbranched alkanes of at least 4 members (excludes halogenated alkanes) is 1. The van der Waals surface area contributed by atoms with Gasteiger partial charge in [0.05, 0.1) is 0 Å². The van der Waals surface area contributed by atoms with Crippen molar-refractivity contribution in [3.8, 4) is 5.75 Å². The Hall–Kier alpha value is -1.50. The molecule has 0 saturated carbocycles. The minimum absolute atomic E-state index is 0.832. The van der Waals surface area contributed by atoms with Gasteiger partial charge in [0.2, 0.25) is 0 Å². The molecule has 1 rings (SSSR count). The molecule has 74 valence electrons. The van der Waals surface area contributed by atoms with Crippen LogP contribution in [0, 0.1) is 0 Å². The van der Waals surface area contributed by atoms with Gasteiger partial charge in [0.1, 0.15) is 11.5 Å². The molecule has 1 aromatic carbocycles. The Morgan fingerprint density at radius 1 is 1.36 bits per heavy atom. The number of benzene rings is 1. The standard InChI is InChI=1S/C13H16O/c1-3-5-9-12(4-2)14-13-10-7-6-8-11-13/h4,6-11H,2-3,5H2,1H3/b12-9+. The van der Waals surface area contributed by atoms with Crippen LogP contribution in [-0.2, 0) is 0 Å². The van der Waals surface area contributed by atoms with Crippen molar-refractivity contribution in [2.75, 3.05) is 0 Å². The van der Waals surface area contributed by atoms with E-state index >= 15 is 0 Å². The van der Waals surface area contributed by atoms with Crippen LogP contribution in [-0.4, -0.2) is 0 Å². The molecule has 0 aliphatic heterocycles. The fraction of sp³-hybridized carbons (Fsp3) is 0.231. The first-order valence-corrected chi connectivity index (χ1v) is 4.92. The van der Waals surface area contributed by atoms with Crippen molar-refractivity contribution in [1.82, 2.24) is 0 Å². The zero-order valence-corrected chi connectivity index (χ0v) is 8.57. The first kappa shape index (κ1) is 10.6. The summed E-state index contributed by atoms with van der Waals surface area (Å²) in [5, 5.41) is 0. The van der Waals surface area contributed by atoms with Crippen LogP contribution in [0.2, 0.25) is 0 Å². The van der Waals surface area contributed by atoms with E-state index in [1.165, 1.54) is 0 Å². The molecule has 0 fully saturated rings. The van der Waals surface area contributed by atoms with Crippen LogP contribution in [0.3, 0.4) is 0 Å². The van der Waals surface area contributed by atoms with Gasteiger partial charge < -0.3 is 4.74 Å². The fourth-order valence-electron chi connectivity index (χ4n) is 1.08. The molecule has 1 aromatic rings. The van der Waals surface area contributed by atoms with Gasteiger partial charge in [-0.05, 0) is 30.7 Å². The van der Waals surface area contributed by atoms with Gasteiger partial charge in [0.15, 0.2) is 0 Å². The van der Waals surface area contributed by atoms with Crippen molar-refractivity contribution in [2.24, 2.45) is 0 Å². The van der Waals surface area contributed by atoms with Crippen molar-refractivity contribution in [3.05, 3.63) is 54.8 Å². The average Bonchev–Trinajstić information content (AvgIpc) is 2.25. The third-order valence-electron chi connectivity index (χ3n) is 1.81. The van der Waals surface area contributed by atoms with Gasteiger partial charge in [0, 0.05) is 0 Å². The van der Waals surface area contributed by atoms with E-state index in [9.17, 15) is 0 Å². The maximum absolute atomic E-state index is 5.61. The summed E-state index contributed by atoms with van der Waals surface area (Å²) in [6.07, 6.45) is 5.94. The molecule has 0 heterocycles. The van der Waals surface area contributed by atoms with E-state index in [1.807, 2.05) is 30.3 Å². The lowest BCUT2D eigenvalue weighted by atomic mass is 10.3. The van der Waals surface area contributed by atoms with Crippen molar-refractivity contribution < 1.29 is 4.74 Å². The summed E-state index contributed by atoms with van der Waals surface area (Å²) < 4.78 is 5.61. The van der Waals surface area contributed by atoms with Crippen LogP contribution in [0.4, 0.5) is 0 Å². The highest BCUT2D eigenvalue weighted by Gasteiger charge is 1.94. The summed E-state index contributed by atoms with van der Waals surface area (Å²) in [6, 6.07) is 9.74. The molecule has 0 bridgehead atoms. The molecule has 1 heteroatoms. The molecule has 0 atom stereocenters. The van der Waals surface area contributed by atoms with Crippen molar-refractivity contribution in [1.29, 1.82) is 0 Å². The molecule has 0 radical (unpaired) electrons. The van der Waals surface area contributed by atoms with Crippen LogP contribution in [0.15, 0.2) is 54.8 Å². The number of ether oxygens (including phenoxy) is 1. The van der Waals surface area contributed by atoms with E-state index in [2.05, 4.69) is 19.6 Å². The molecule has 0 aliphatic rings. The van der Waals surface area contributed by atoms with E-state index < -0.39 is 0 Å². The molecule has 0 unspecified atom stereocenters. The lowest BCUT2D eigenvalue weighted by Gasteiger charge is -2.05. The van der Waals surface area contributed by atoms with Gasteiger partial charge in [0.25, 0.3) is 0 Å². The highest BCUT2D eigenvalue weighted by atomic mass is 16.5. The van der Waals surface area contributed by atoms with E-state index in [1.54, 1.807) is 6.08 Å². The Labute approximate surface area is 85.7 Å². The first-order valence-electron chi connectivity index (χ1n) is 4.92. The molecule has 0 aliphatic carbocycles. The van der Waals surface area contributed by atoms with Crippen LogP contribution in [0.1, 0.15) is 19.8 Å². The Morgan fingerprint density at radius 3 is 2.64 bits per heavy atom. The maximum Gasteiger partial charge on any atom is 0.127 e. The maximum atomic E-state index is 5.61. The van der Waals surface area contributed by atoms with Crippen molar-refractivity contribution in [3.63, 3.8) is 0 Å². The molecule has 0 aromatic heterocycles. The van der Waals surface area contributed by atoms with Gasteiger partial charge in [-0.15, -0.1) is 0 Å². The minimum Gasteiger partial charge on any atom is -0.458 e. The van der Waals surface area contributed by atoms with Gasteiger partial charge in [-0.2, -0.15) is 0 Å². The molecule has 0 saturated heterocycles. The van der Waals surface area contributed by atoms with E-state index in [0.717, 1.165) is 24.4 Å². The molecule has 0 spiro atoms. The van der Waals surface area contributed by atoms with E-state index in [4.69, 9.17) is 4.74 Å². The Kier molecular flexibility index (Phi) is 4.56. The van der Waals surface area contributed by atoms with Gasteiger partial charge >= 0.3 is 0 Å². The van der Waals surface area contributed by atoms with Crippen LogP contribution in [0.5, 0.6) is 5.75 Å². The molecular weight excluding hydrogens is 172 g/mol. The van der Waals surface area contributed by atoms with Gasteiger partial charge in [-0.25, -0.2) is 0 Å². The summed E-state index contributed by atoms with van der Waals surface area (Å²) >= 11 is 0. The smallest absolute Gasteiger partial charge is 0.127 e. The zero-order valence-electron chi connectivity index (χ0n) is 8.57. The van der Waals surface area contributed by atoms with Crippen LogP contribution in [0.25, 0.3) is 0 Å². The normalized spacial score (nSPS) is 11.1. The lowest BCUT2D eigenvalue weighted by molar-refractivity contribution is 0.441. The summed E-state index contributed by atoms with van der Waals surface area (Å²) in [5.74, 6) is 1.69. The zero-order chi connectivity index (χ0) is 10.2. The number of hydrogen-bond acceptors (Lipinski definition) is 1. The second kappa shape index (κ2) is 6.03. The fourth-order valence-corrected chi connectivity index (χ4v) is 1.08. The Balaban J connectivity index is 2.61. The summed E-state index contributed by atoms with van der Waals surface area (Å²) in [5.41, 5.74) is 0. The number of allylic oxidation sites excluding steroid dienone is 2. The van der Waals surface area contributed by atoms with Crippen LogP contribution < -0.4 is 4.74 Å². The largest absolute Gasteiger partial charge is 0.458 e. The highest BCUT2D eigenvalue weighted by Crippen LogP contribution is 2.13. The number of para-hydroxylation sites is 1. The van der Waals surface area contributed by atoms with Crippen molar-refractivity contribution >= 4 is 0 Å².